The fraction of sp³-hybridized carbons (Fsp3) is 0.188. The van der Waals surface area contributed by atoms with E-state index in [1.807, 2.05) is 109 Å². The lowest BCUT2D eigenvalue weighted by molar-refractivity contribution is -0.128. The van der Waals surface area contributed by atoms with E-state index in [2.05, 4.69) is 26.8 Å². The number of nitrogens with one attached hydrogen (secondary N) is 2. The molecule has 3 N–H and O–H groups in total. The molecule has 1 aliphatic heterocycles. The minimum absolute atomic E-state index is 0.0733. The molecule has 0 fully saturated rings. The number of aliphatic imine (C=N–C) groups is 1. The molecule has 0 saturated heterocycles. The first-order chi connectivity index (χ1) is 19.6. The van der Waals surface area contributed by atoms with E-state index in [-0.39, 0.29) is 12.5 Å². The minimum atomic E-state index is -1.32. The van der Waals surface area contributed by atoms with E-state index >= 15 is 0 Å². The highest BCUT2D eigenvalue weighted by Crippen LogP contribution is 2.44. The molecule has 2 atom stereocenters. The quantitative estimate of drug-likeness (QED) is 0.148. The summed E-state index contributed by atoms with van der Waals surface area (Å²) in [5.41, 5.74) is 7.86. The van der Waals surface area contributed by atoms with Crippen LogP contribution in [0.25, 0.3) is 0 Å². The molecule has 0 unspecified atom stereocenters. The van der Waals surface area contributed by atoms with E-state index < -0.39 is 11.6 Å². The molecule has 204 valence electrons. The molecule has 8 heteroatoms. The van der Waals surface area contributed by atoms with E-state index in [9.17, 15) is 4.79 Å². The second-order valence-corrected chi connectivity index (χ2v) is 10.3. The standard InChI is InChI=1S/C32H30BrN3O4/c33-28-15-8-7-14-27(28)29-32(22-23-10-3-1-4-11-23,31(38)36-35-25-12-5-2-6-13-25)34-30(40-29)24-16-18-26(19-17-24)39-21-9-20-37/h1-8,10-19,29,35,37H,9,20-22H2,(H,36,38)/t29-,32-/m0/s1. The molecule has 0 aromatic heterocycles. The lowest BCUT2D eigenvalue weighted by Crippen LogP contribution is -2.51. The van der Waals surface area contributed by atoms with E-state index in [0.29, 0.717) is 31.1 Å². The Bertz CT molecular complexity index is 1450. The number of nitrogens with zero attached hydrogens (tertiary/aromatic N) is 1. The van der Waals surface area contributed by atoms with Gasteiger partial charge in [0.2, 0.25) is 5.90 Å². The topological polar surface area (TPSA) is 92.2 Å². The van der Waals surface area contributed by atoms with Crippen molar-refractivity contribution in [2.45, 2.75) is 24.5 Å². The van der Waals surface area contributed by atoms with Crippen LogP contribution in [-0.2, 0) is 16.0 Å². The molecular formula is C32H30BrN3O4. The fourth-order valence-corrected chi connectivity index (χ4v) is 5.11. The third kappa shape index (κ3) is 6.19. The largest absolute Gasteiger partial charge is 0.494 e. The number of aliphatic hydroxyl groups is 1. The highest BCUT2D eigenvalue weighted by atomic mass is 79.9. The molecule has 4 aromatic carbocycles. The number of para-hydroxylation sites is 1. The predicted octanol–water partition coefficient (Wildman–Crippen LogP) is 5.85. The molecule has 0 bridgehead atoms. The molecular weight excluding hydrogens is 570 g/mol. The predicted molar refractivity (Wildman–Crippen MR) is 159 cm³/mol. The third-order valence-electron chi connectivity index (χ3n) is 6.63. The van der Waals surface area contributed by atoms with Crippen molar-refractivity contribution in [1.29, 1.82) is 0 Å². The van der Waals surface area contributed by atoms with Crippen molar-refractivity contribution in [3.05, 3.63) is 130 Å². The van der Waals surface area contributed by atoms with Gasteiger partial charge in [0.15, 0.2) is 11.6 Å². The Balaban J connectivity index is 1.55. The Hall–Kier alpha value is -4.14. The number of hydrazine groups is 1. The van der Waals surface area contributed by atoms with Crippen LogP contribution in [0.1, 0.15) is 29.2 Å². The summed E-state index contributed by atoms with van der Waals surface area (Å²) in [6, 6.07) is 34.4. The van der Waals surface area contributed by atoms with Crippen LogP contribution in [-0.4, -0.2) is 35.7 Å². The summed E-state index contributed by atoms with van der Waals surface area (Å²) in [6.45, 7) is 0.496. The van der Waals surface area contributed by atoms with Crippen LogP contribution in [0.15, 0.2) is 119 Å². The van der Waals surface area contributed by atoms with Crippen molar-refractivity contribution < 1.29 is 19.4 Å². The second kappa shape index (κ2) is 12.8. The molecule has 0 radical (unpaired) electrons. The van der Waals surface area contributed by atoms with Crippen molar-refractivity contribution in [2.75, 3.05) is 18.6 Å². The lowest BCUT2D eigenvalue weighted by atomic mass is 9.82. The van der Waals surface area contributed by atoms with Crippen LogP contribution in [0.3, 0.4) is 0 Å². The zero-order valence-electron chi connectivity index (χ0n) is 21.8. The van der Waals surface area contributed by atoms with Gasteiger partial charge in [0.25, 0.3) is 5.91 Å². The number of carbonyl (C=O) groups excluding carboxylic acids is 1. The number of halogens is 1. The summed E-state index contributed by atoms with van der Waals surface area (Å²) >= 11 is 3.67. The Morgan fingerprint density at radius 1 is 0.925 bits per heavy atom. The molecule has 0 saturated carbocycles. The SMILES string of the molecule is O=C(NNc1ccccc1)[C@@]1(Cc2ccccc2)N=C(c2ccc(OCCCO)cc2)O[C@H]1c1ccccc1Br. The molecule has 4 aromatic rings. The van der Waals surface area contributed by atoms with Crippen molar-refractivity contribution in [3.63, 3.8) is 0 Å². The van der Waals surface area contributed by atoms with E-state index in [4.69, 9.17) is 19.6 Å². The number of hydrogen-bond donors (Lipinski definition) is 3. The summed E-state index contributed by atoms with van der Waals surface area (Å²) in [5, 5.41) is 9.02. The van der Waals surface area contributed by atoms with Gasteiger partial charge in [-0.2, -0.15) is 0 Å². The van der Waals surface area contributed by atoms with Gasteiger partial charge in [-0.25, -0.2) is 4.99 Å². The second-order valence-electron chi connectivity index (χ2n) is 9.42. The van der Waals surface area contributed by atoms with Gasteiger partial charge in [-0.15, -0.1) is 0 Å². The van der Waals surface area contributed by atoms with Crippen molar-refractivity contribution in [1.82, 2.24) is 5.43 Å². The van der Waals surface area contributed by atoms with Gasteiger partial charge in [0, 0.05) is 35.0 Å². The summed E-state index contributed by atoms with van der Waals surface area (Å²) in [6.07, 6.45) is 0.157. The Morgan fingerprint density at radius 3 is 2.30 bits per heavy atom. The number of rotatable bonds is 11. The average molecular weight is 601 g/mol. The molecule has 1 amide bonds. The van der Waals surface area contributed by atoms with Crippen molar-refractivity contribution >= 4 is 33.4 Å². The monoisotopic (exact) mass is 599 g/mol. The van der Waals surface area contributed by atoms with Gasteiger partial charge < -0.3 is 14.6 Å². The summed E-state index contributed by atoms with van der Waals surface area (Å²) in [5.74, 6) is 0.729. The van der Waals surface area contributed by atoms with E-state index in [0.717, 1.165) is 26.9 Å². The first kappa shape index (κ1) is 27.4. The fourth-order valence-electron chi connectivity index (χ4n) is 4.61. The molecule has 1 aliphatic rings. The lowest BCUT2D eigenvalue weighted by Gasteiger charge is -2.31. The number of amides is 1. The number of anilines is 1. The number of carbonyl (C=O) groups is 1. The van der Waals surface area contributed by atoms with Gasteiger partial charge in [0.1, 0.15) is 5.75 Å². The van der Waals surface area contributed by atoms with Gasteiger partial charge in [-0.3, -0.25) is 15.6 Å². The zero-order chi connectivity index (χ0) is 27.8. The first-order valence-electron chi connectivity index (χ1n) is 13.1. The molecule has 40 heavy (non-hydrogen) atoms. The number of benzene rings is 4. The van der Waals surface area contributed by atoms with Crippen LogP contribution in [0, 0.1) is 0 Å². The average Bonchev–Trinajstić information content (AvgIpc) is 3.37. The van der Waals surface area contributed by atoms with Crippen LogP contribution in [0.4, 0.5) is 5.69 Å². The third-order valence-corrected chi connectivity index (χ3v) is 7.35. The Morgan fingerprint density at radius 2 is 1.60 bits per heavy atom. The summed E-state index contributed by atoms with van der Waals surface area (Å²) in [4.78, 5) is 19.3. The molecule has 1 heterocycles. The Labute approximate surface area is 242 Å². The maximum Gasteiger partial charge on any atom is 0.270 e. The highest BCUT2D eigenvalue weighted by molar-refractivity contribution is 9.10. The Kier molecular flexibility index (Phi) is 8.78. The molecule has 7 nitrogen and oxygen atoms in total. The minimum Gasteiger partial charge on any atom is -0.494 e. The van der Waals surface area contributed by atoms with Crippen LogP contribution >= 0.6 is 15.9 Å². The first-order valence-corrected chi connectivity index (χ1v) is 13.9. The molecule has 0 spiro atoms. The van der Waals surface area contributed by atoms with Crippen molar-refractivity contribution in [3.8, 4) is 5.75 Å². The van der Waals surface area contributed by atoms with E-state index in [1.165, 1.54) is 0 Å². The number of aliphatic hydroxyl groups excluding tert-OH is 1. The normalized spacial score (nSPS) is 17.9. The van der Waals surface area contributed by atoms with Gasteiger partial charge in [-0.1, -0.05) is 82.7 Å². The highest BCUT2D eigenvalue weighted by Gasteiger charge is 2.54. The maximum atomic E-state index is 14.2. The van der Waals surface area contributed by atoms with Gasteiger partial charge in [-0.05, 0) is 48.0 Å². The van der Waals surface area contributed by atoms with E-state index in [1.54, 1.807) is 0 Å². The smallest absolute Gasteiger partial charge is 0.270 e. The molecule has 5 rings (SSSR count). The summed E-state index contributed by atoms with van der Waals surface area (Å²) in [7, 11) is 0. The van der Waals surface area contributed by atoms with Crippen LogP contribution in [0.2, 0.25) is 0 Å². The number of hydrogen-bond acceptors (Lipinski definition) is 6. The van der Waals surface area contributed by atoms with Gasteiger partial charge in [0.05, 0.1) is 12.3 Å². The van der Waals surface area contributed by atoms with Crippen LogP contribution < -0.4 is 15.6 Å². The van der Waals surface area contributed by atoms with Crippen LogP contribution in [0.5, 0.6) is 5.75 Å². The van der Waals surface area contributed by atoms with Gasteiger partial charge >= 0.3 is 0 Å². The maximum absolute atomic E-state index is 14.2. The zero-order valence-corrected chi connectivity index (χ0v) is 23.4. The number of ether oxygens (including phenoxy) is 2. The molecule has 0 aliphatic carbocycles. The van der Waals surface area contributed by atoms with Crippen molar-refractivity contribution in [2.24, 2.45) is 4.99 Å². The summed E-state index contributed by atoms with van der Waals surface area (Å²) < 4.78 is 13.1.